The smallest absolute Gasteiger partial charge is 0.161 e. The zero-order chi connectivity index (χ0) is 24.0. The van der Waals surface area contributed by atoms with E-state index in [0.29, 0.717) is 44.8 Å². The molecule has 4 nitrogen and oxygen atoms in total. The van der Waals surface area contributed by atoms with Crippen molar-refractivity contribution in [2.45, 2.75) is 51.0 Å². The minimum absolute atomic E-state index is 0.0940. The summed E-state index contributed by atoms with van der Waals surface area (Å²) in [4.78, 5) is 28.4. The first kappa shape index (κ1) is 23.5. The molecule has 0 N–H and O–H groups in total. The molecule has 0 aromatic heterocycles. The lowest BCUT2D eigenvalue weighted by Gasteiger charge is -2.42. The summed E-state index contributed by atoms with van der Waals surface area (Å²) >= 11 is 19.4. The Hall–Kier alpha value is -2.27. The zero-order valence-corrected chi connectivity index (χ0v) is 21.1. The Morgan fingerprint density at radius 1 is 0.882 bits per heavy atom. The van der Waals surface area contributed by atoms with Crippen LogP contribution in [0.1, 0.15) is 55.6 Å². The number of halogens is 3. The first-order valence-electron chi connectivity index (χ1n) is 11.5. The first-order valence-corrected chi connectivity index (χ1v) is 12.6. The van der Waals surface area contributed by atoms with Crippen LogP contribution >= 0.6 is 34.8 Å². The van der Waals surface area contributed by atoms with Crippen molar-refractivity contribution in [3.05, 3.63) is 85.1 Å². The van der Waals surface area contributed by atoms with E-state index in [0.717, 1.165) is 48.2 Å². The molecule has 0 saturated carbocycles. The number of nitrogens with zero attached hydrogens (tertiary/aromatic N) is 1. The van der Waals surface area contributed by atoms with Crippen LogP contribution in [0.5, 0.6) is 5.75 Å². The van der Waals surface area contributed by atoms with Gasteiger partial charge in [-0.25, -0.2) is 0 Å². The van der Waals surface area contributed by atoms with Gasteiger partial charge in [-0.15, -0.1) is 0 Å². The molecule has 0 fully saturated rings. The monoisotopic (exact) mass is 515 g/mol. The van der Waals surface area contributed by atoms with Gasteiger partial charge in [0.05, 0.1) is 10.0 Å². The number of hydrogen-bond acceptors (Lipinski definition) is 4. The highest BCUT2D eigenvalue weighted by molar-refractivity contribution is 6.37. The molecule has 176 valence electrons. The molecule has 2 aromatic rings. The Morgan fingerprint density at radius 3 is 2.03 bits per heavy atom. The van der Waals surface area contributed by atoms with Crippen LogP contribution in [0.4, 0.5) is 0 Å². The molecule has 2 aromatic carbocycles. The molecule has 0 spiro atoms. The normalized spacial score (nSPS) is 18.9. The number of ether oxygens (including phenoxy) is 1. The number of benzene rings is 2. The van der Waals surface area contributed by atoms with E-state index in [1.165, 1.54) is 0 Å². The van der Waals surface area contributed by atoms with Crippen molar-refractivity contribution in [1.82, 2.24) is 4.90 Å². The molecule has 0 unspecified atom stereocenters. The van der Waals surface area contributed by atoms with Gasteiger partial charge in [-0.3, -0.25) is 9.59 Å². The highest BCUT2D eigenvalue weighted by atomic mass is 35.5. The van der Waals surface area contributed by atoms with E-state index < -0.39 is 5.92 Å². The maximum atomic E-state index is 13.1. The van der Waals surface area contributed by atoms with E-state index >= 15 is 0 Å². The summed E-state index contributed by atoms with van der Waals surface area (Å²) in [6.45, 7) is 0.259. The number of allylic oxidation sites excluding steroid dienone is 4. The quantitative estimate of drug-likeness (QED) is 0.429. The van der Waals surface area contributed by atoms with Crippen LogP contribution in [0.2, 0.25) is 15.1 Å². The van der Waals surface area contributed by atoms with E-state index in [4.69, 9.17) is 39.5 Å². The predicted molar refractivity (Wildman–Crippen MR) is 135 cm³/mol. The topological polar surface area (TPSA) is 46.6 Å². The average molecular weight is 517 g/mol. The Balaban J connectivity index is 1.56. The molecule has 7 heteroatoms. The van der Waals surface area contributed by atoms with E-state index in [9.17, 15) is 9.59 Å². The third-order valence-electron chi connectivity index (χ3n) is 6.87. The average Bonchev–Trinajstić information content (AvgIpc) is 2.80. The molecule has 2 aliphatic carbocycles. The van der Waals surface area contributed by atoms with Crippen LogP contribution in [0.3, 0.4) is 0 Å². The fraction of sp³-hybridized carbons (Fsp3) is 0.333. The second-order valence-electron chi connectivity index (χ2n) is 9.00. The van der Waals surface area contributed by atoms with Crippen molar-refractivity contribution < 1.29 is 14.3 Å². The first-order chi connectivity index (χ1) is 16.3. The van der Waals surface area contributed by atoms with Gasteiger partial charge in [0, 0.05) is 53.4 Å². The van der Waals surface area contributed by atoms with Crippen LogP contribution < -0.4 is 4.74 Å². The fourth-order valence-corrected chi connectivity index (χ4v) is 6.18. The van der Waals surface area contributed by atoms with Gasteiger partial charge in [0.15, 0.2) is 17.3 Å². The SMILES string of the molecule is CN1C2=C(C(=O)CCC2)C(c2cc(Cl)c(OCc3cccc(Cl)c3)c(Cl)c2)C2=C1CCCC2=O. The molecule has 3 aliphatic rings. The van der Waals surface area contributed by atoms with Gasteiger partial charge in [0.2, 0.25) is 0 Å². The molecular weight excluding hydrogens is 493 g/mol. The maximum absolute atomic E-state index is 13.1. The van der Waals surface area contributed by atoms with E-state index in [1.807, 2.05) is 25.2 Å². The van der Waals surface area contributed by atoms with Crippen molar-refractivity contribution in [3.63, 3.8) is 0 Å². The molecule has 0 radical (unpaired) electrons. The lowest BCUT2D eigenvalue weighted by Crippen LogP contribution is -2.37. The van der Waals surface area contributed by atoms with Crippen molar-refractivity contribution >= 4 is 46.4 Å². The summed E-state index contributed by atoms with van der Waals surface area (Å²) in [5.41, 5.74) is 5.10. The molecule has 0 bridgehead atoms. The maximum Gasteiger partial charge on any atom is 0.161 e. The minimum atomic E-state index is -0.446. The van der Waals surface area contributed by atoms with Crippen molar-refractivity contribution in [3.8, 4) is 5.75 Å². The summed E-state index contributed by atoms with van der Waals surface area (Å²) in [7, 11) is 1.98. The van der Waals surface area contributed by atoms with Crippen molar-refractivity contribution in [2.75, 3.05) is 7.05 Å². The standard InChI is InChI=1S/C27H24Cl3NO3/c1-31-20-7-3-9-22(32)25(20)24(26-21(31)8-4-10-23(26)33)16-12-18(29)27(19(30)13-16)34-14-15-5-2-6-17(28)11-15/h2,5-6,11-13,24H,3-4,7-10,14H2,1H3. The highest BCUT2D eigenvalue weighted by Gasteiger charge is 2.42. The second kappa shape index (κ2) is 9.41. The van der Waals surface area contributed by atoms with Gasteiger partial charge in [0.25, 0.3) is 0 Å². The number of carbonyl (C=O) groups excluding carboxylic acids is 2. The Bertz CT molecular complexity index is 1200. The van der Waals surface area contributed by atoms with Gasteiger partial charge in [-0.1, -0.05) is 46.9 Å². The molecule has 1 aliphatic heterocycles. The number of ketones is 2. The number of carbonyl (C=O) groups is 2. The molecule has 0 saturated heterocycles. The fourth-order valence-electron chi connectivity index (χ4n) is 5.35. The lowest BCUT2D eigenvalue weighted by molar-refractivity contribution is -0.117. The third kappa shape index (κ3) is 4.17. The van der Waals surface area contributed by atoms with E-state index in [1.54, 1.807) is 18.2 Å². The largest absolute Gasteiger partial charge is 0.486 e. The van der Waals surface area contributed by atoms with Crippen LogP contribution in [-0.4, -0.2) is 23.5 Å². The van der Waals surface area contributed by atoms with Crippen molar-refractivity contribution in [1.29, 1.82) is 0 Å². The summed E-state index contributed by atoms with van der Waals surface area (Å²) in [5, 5.41) is 1.32. The van der Waals surface area contributed by atoms with Crippen LogP contribution in [-0.2, 0) is 16.2 Å². The molecule has 34 heavy (non-hydrogen) atoms. The highest BCUT2D eigenvalue weighted by Crippen LogP contribution is 2.50. The Kier molecular flexibility index (Phi) is 6.49. The van der Waals surface area contributed by atoms with E-state index in [2.05, 4.69) is 4.90 Å². The number of hydrogen-bond donors (Lipinski definition) is 0. The summed E-state index contributed by atoms with van der Waals surface area (Å²) in [6.07, 6.45) is 4.26. The molecule has 5 rings (SSSR count). The summed E-state index contributed by atoms with van der Waals surface area (Å²) in [6, 6.07) is 11.0. The van der Waals surface area contributed by atoms with Gasteiger partial charge in [-0.2, -0.15) is 0 Å². The predicted octanol–water partition coefficient (Wildman–Crippen LogP) is 7.27. The molecular formula is C27H24Cl3NO3. The second-order valence-corrected chi connectivity index (χ2v) is 10.2. The minimum Gasteiger partial charge on any atom is -0.486 e. The van der Waals surface area contributed by atoms with Crippen LogP contribution in [0, 0.1) is 0 Å². The van der Waals surface area contributed by atoms with Gasteiger partial charge in [-0.05, 0) is 61.1 Å². The Labute approximate surface area is 214 Å². The zero-order valence-electron chi connectivity index (χ0n) is 18.8. The van der Waals surface area contributed by atoms with Crippen molar-refractivity contribution in [2.24, 2.45) is 0 Å². The molecule has 0 atom stereocenters. The molecule has 1 heterocycles. The summed E-state index contributed by atoms with van der Waals surface area (Å²) < 4.78 is 5.93. The van der Waals surface area contributed by atoms with Gasteiger partial charge >= 0.3 is 0 Å². The van der Waals surface area contributed by atoms with Gasteiger partial charge in [0.1, 0.15) is 6.61 Å². The Morgan fingerprint density at radius 2 is 1.47 bits per heavy atom. The van der Waals surface area contributed by atoms with Gasteiger partial charge < -0.3 is 9.64 Å². The third-order valence-corrected chi connectivity index (χ3v) is 7.67. The summed E-state index contributed by atoms with van der Waals surface area (Å²) in [5.74, 6) is 0.111. The van der Waals surface area contributed by atoms with E-state index in [-0.39, 0.29) is 18.2 Å². The molecule has 0 amide bonds. The number of Topliss-reactive ketones (excluding diaryl/α,β-unsaturated/α-hetero) is 2. The number of rotatable bonds is 4. The lowest BCUT2D eigenvalue weighted by atomic mass is 9.71. The van der Waals surface area contributed by atoms with Crippen LogP contribution in [0.15, 0.2) is 58.9 Å². The van der Waals surface area contributed by atoms with Crippen LogP contribution in [0.25, 0.3) is 0 Å².